The summed E-state index contributed by atoms with van der Waals surface area (Å²) in [5, 5.41) is 2.49. The molecule has 1 atom stereocenters. The van der Waals surface area contributed by atoms with Gasteiger partial charge < -0.3 is 24.3 Å². The molecule has 23 heavy (non-hydrogen) atoms. The standard InChI is InChI=1S/C16H21NO6/c1-10(16(19)23-5)17-14(18)7-6-11-8-12(20-2)15(22-4)13(9-11)21-3/h6-10H,1-5H3,(H,17,18)/b7-6+. The third-order valence-corrected chi connectivity index (χ3v) is 3.03. The molecule has 0 aliphatic rings. The summed E-state index contributed by atoms with van der Waals surface area (Å²) in [7, 11) is 5.79. The average molecular weight is 323 g/mol. The maximum atomic E-state index is 11.8. The van der Waals surface area contributed by atoms with Gasteiger partial charge in [-0.15, -0.1) is 0 Å². The zero-order chi connectivity index (χ0) is 17.4. The van der Waals surface area contributed by atoms with E-state index in [-0.39, 0.29) is 0 Å². The van der Waals surface area contributed by atoms with E-state index in [1.165, 1.54) is 41.4 Å². The topological polar surface area (TPSA) is 83.1 Å². The number of carbonyl (C=O) groups is 2. The number of carbonyl (C=O) groups excluding carboxylic acids is 2. The highest BCUT2D eigenvalue weighted by Crippen LogP contribution is 2.38. The van der Waals surface area contributed by atoms with Gasteiger partial charge in [0, 0.05) is 6.08 Å². The summed E-state index contributed by atoms with van der Waals surface area (Å²) in [6.07, 6.45) is 2.88. The molecule has 0 fully saturated rings. The number of hydrogen-bond acceptors (Lipinski definition) is 6. The predicted octanol–water partition coefficient (Wildman–Crippen LogP) is 1.40. The Balaban J connectivity index is 2.91. The number of methoxy groups -OCH3 is 4. The zero-order valence-electron chi connectivity index (χ0n) is 13.8. The Hall–Kier alpha value is -2.70. The summed E-state index contributed by atoms with van der Waals surface area (Å²) in [4.78, 5) is 23.0. The molecule has 7 nitrogen and oxygen atoms in total. The van der Waals surface area contributed by atoms with Gasteiger partial charge in [-0.1, -0.05) is 0 Å². The Kier molecular flexibility index (Phi) is 6.92. The Labute approximate surface area is 135 Å². The first kappa shape index (κ1) is 18.3. The van der Waals surface area contributed by atoms with Gasteiger partial charge in [-0.25, -0.2) is 4.79 Å². The molecule has 0 aliphatic carbocycles. The third-order valence-electron chi connectivity index (χ3n) is 3.03. The van der Waals surface area contributed by atoms with Crippen LogP contribution in [0.4, 0.5) is 0 Å². The molecule has 126 valence electrons. The van der Waals surface area contributed by atoms with E-state index in [0.29, 0.717) is 22.8 Å². The molecule has 0 spiro atoms. The van der Waals surface area contributed by atoms with Crippen molar-refractivity contribution in [2.45, 2.75) is 13.0 Å². The van der Waals surface area contributed by atoms with E-state index in [2.05, 4.69) is 10.1 Å². The minimum absolute atomic E-state index is 0.420. The Morgan fingerprint density at radius 1 is 1.04 bits per heavy atom. The van der Waals surface area contributed by atoms with Crippen molar-refractivity contribution < 1.29 is 28.5 Å². The molecule has 1 amide bonds. The first-order chi connectivity index (χ1) is 11.0. The molecular formula is C16H21NO6. The number of amides is 1. The van der Waals surface area contributed by atoms with Gasteiger partial charge in [0.15, 0.2) is 11.5 Å². The maximum Gasteiger partial charge on any atom is 0.328 e. The van der Waals surface area contributed by atoms with E-state index in [1.54, 1.807) is 18.2 Å². The van der Waals surface area contributed by atoms with Crippen LogP contribution in [0.15, 0.2) is 18.2 Å². The van der Waals surface area contributed by atoms with Crippen molar-refractivity contribution >= 4 is 18.0 Å². The van der Waals surface area contributed by atoms with Gasteiger partial charge in [0.05, 0.1) is 28.4 Å². The van der Waals surface area contributed by atoms with Gasteiger partial charge in [0.25, 0.3) is 0 Å². The van der Waals surface area contributed by atoms with Crippen LogP contribution >= 0.6 is 0 Å². The van der Waals surface area contributed by atoms with Crippen LogP contribution in [0.3, 0.4) is 0 Å². The molecule has 1 N–H and O–H groups in total. The molecule has 1 rings (SSSR count). The number of hydrogen-bond donors (Lipinski definition) is 1. The average Bonchev–Trinajstić information content (AvgIpc) is 2.57. The van der Waals surface area contributed by atoms with E-state index < -0.39 is 17.9 Å². The zero-order valence-corrected chi connectivity index (χ0v) is 13.8. The Bertz CT molecular complexity index is 571. The fourth-order valence-electron chi connectivity index (χ4n) is 1.87. The first-order valence-electron chi connectivity index (χ1n) is 6.83. The van der Waals surface area contributed by atoms with Crippen molar-refractivity contribution in [1.82, 2.24) is 5.32 Å². The molecule has 1 aromatic rings. The SMILES string of the molecule is COC(=O)C(C)NC(=O)/C=C/c1cc(OC)c(OC)c(OC)c1. The van der Waals surface area contributed by atoms with Crippen molar-refractivity contribution in [3.63, 3.8) is 0 Å². The van der Waals surface area contributed by atoms with Crippen LogP contribution in [0.5, 0.6) is 17.2 Å². The molecule has 1 unspecified atom stereocenters. The lowest BCUT2D eigenvalue weighted by atomic mass is 10.1. The number of benzene rings is 1. The lowest BCUT2D eigenvalue weighted by Gasteiger charge is -2.13. The normalized spacial score (nSPS) is 11.7. The van der Waals surface area contributed by atoms with Crippen LogP contribution in [0.25, 0.3) is 6.08 Å². The van der Waals surface area contributed by atoms with Gasteiger partial charge in [-0.3, -0.25) is 4.79 Å². The van der Waals surface area contributed by atoms with E-state index >= 15 is 0 Å². The molecule has 0 heterocycles. The van der Waals surface area contributed by atoms with Crippen LogP contribution < -0.4 is 19.5 Å². The second-order valence-electron chi connectivity index (χ2n) is 4.55. The second kappa shape index (κ2) is 8.67. The molecule has 0 radical (unpaired) electrons. The van der Waals surface area contributed by atoms with Crippen molar-refractivity contribution in [3.8, 4) is 17.2 Å². The van der Waals surface area contributed by atoms with E-state index in [1.807, 2.05) is 0 Å². The van der Waals surface area contributed by atoms with Crippen LogP contribution in [0.2, 0.25) is 0 Å². The third kappa shape index (κ3) is 4.91. The Morgan fingerprint density at radius 3 is 2.04 bits per heavy atom. The monoisotopic (exact) mass is 323 g/mol. The second-order valence-corrected chi connectivity index (χ2v) is 4.55. The van der Waals surface area contributed by atoms with Crippen LogP contribution in [-0.4, -0.2) is 46.4 Å². The number of esters is 1. The summed E-state index contributed by atoms with van der Waals surface area (Å²) in [5.41, 5.74) is 0.681. The summed E-state index contributed by atoms with van der Waals surface area (Å²) in [6.45, 7) is 1.54. The summed E-state index contributed by atoms with van der Waals surface area (Å²) in [6, 6.07) is 2.68. The highest BCUT2D eigenvalue weighted by atomic mass is 16.5. The van der Waals surface area contributed by atoms with Crippen molar-refractivity contribution in [1.29, 1.82) is 0 Å². The Morgan fingerprint density at radius 2 is 1.61 bits per heavy atom. The lowest BCUT2D eigenvalue weighted by molar-refractivity contribution is -0.144. The number of nitrogens with one attached hydrogen (secondary N) is 1. The van der Waals surface area contributed by atoms with Gasteiger partial charge in [-0.2, -0.15) is 0 Å². The van der Waals surface area contributed by atoms with E-state index in [9.17, 15) is 9.59 Å². The van der Waals surface area contributed by atoms with Crippen molar-refractivity contribution in [2.24, 2.45) is 0 Å². The fourth-order valence-corrected chi connectivity index (χ4v) is 1.87. The molecule has 0 saturated heterocycles. The van der Waals surface area contributed by atoms with Crippen molar-refractivity contribution in [3.05, 3.63) is 23.8 Å². The van der Waals surface area contributed by atoms with Gasteiger partial charge in [-0.05, 0) is 30.7 Å². The molecular weight excluding hydrogens is 302 g/mol. The highest BCUT2D eigenvalue weighted by molar-refractivity contribution is 5.94. The molecule has 0 aromatic heterocycles. The smallest absolute Gasteiger partial charge is 0.328 e. The maximum absolute atomic E-state index is 11.8. The number of ether oxygens (including phenoxy) is 4. The lowest BCUT2D eigenvalue weighted by Crippen LogP contribution is -2.38. The van der Waals surface area contributed by atoms with Crippen LogP contribution in [0.1, 0.15) is 12.5 Å². The van der Waals surface area contributed by atoms with Crippen LogP contribution in [-0.2, 0) is 14.3 Å². The van der Waals surface area contributed by atoms with Crippen molar-refractivity contribution in [2.75, 3.05) is 28.4 Å². The molecule has 0 bridgehead atoms. The molecule has 0 aliphatic heterocycles. The quantitative estimate of drug-likeness (QED) is 0.603. The van der Waals surface area contributed by atoms with Gasteiger partial charge in [0.2, 0.25) is 11.7 Å². The number of rotatable bonds is 7. The van der Waals surface area contributed by atoms with E-state index in [0.717, 1.165) is 0 Å². The predicted molar refractivity (Wildman–Crippen MR) is 84.8 cm³/mol. The molecule has 0 saturated carbocycles. The fraction of sp³-hybridized carbons (Fsp3) is 0.375. The van der Waals surface area contributed by atoms with Gasteiger partial charge in [0.1, 0.15) is 6.04 Å². The first-order valence-corrected chi connectivity index (χ1v) is 6.83. The molecule has 1 aromatic carbocycles. The van der Waals surface area contributed by atoms with E-state index in [4.69, 9.17) is 14.2 Å². The molecule has 7 heteroatoms. The minimum Gasteiger partial charge on any atom is -0.493 e. The largest absolute Gasteiger partial charge is 0.493 e. The minimum atomic E-state index is -0.725. The summed E-state index contributed by atoms with van der Waals surface area (Å²) >= 11 is 0. The highest BCUT2D eigenvalue weighted by Gasteiger charge is 2.15. The van der Waals surface area contributed by atoms with Crippen LogP contribution in [0, 0.1) is 0 Å². The van der Waals surface area contributed by atoms with Gasteiger partial charge >= 0.3 is 5.97 Å². The summed E-state index contributed by atoms with van der Waals surface area (Å²) < 4.78 is 20.2. The summed E-state index contributed by atoms with van der Waals surface area (Å²) in [5.74, 6) is 0.497.